The lowest BCUT2D eigenvalue weighted by atomic mass is 10.1. The lowest BCUT2D eigenvalue weighted by Crippen LogP contribution is -2.09. The van der Waals surface area contributed by atoms with Crippen LogP contribution < -0.4 is 9.47 Å². The number of ether oxygens (including phenoxy) is 3. The van der Waals surface area contributed by atoms with E-state index in [0.29, 0.717) is 27.1 Å². The molecule has 0 amide bonds. The van der Waals surface area contributed by atoms with Gasteiger partial charge in [-0.2, -0.15) is 0 Å². The van der Waals surface area contributed by atoms with Gasteiger partial charge in [0.1, 0.15) is 11.5 Å². The Hall–Kier alpha value is -1.64. The van der Waals surface area contributed by atoms with Crippen molar-refractivity contribution in [2.24, 2.45) is 0 Å². The summed E-state index contributed by atoms with van der Waals surface area (Å²) < 4.78 is 15.7. The lowest BCUT2D eigenvalue weighted by molar-refractivity contribution is -0.141. The molecule has 0 unspecified atom stereocenters. The molecule has 21 heavy (non-hydrogen) atoms. The standard InChI is InChI=1S/C14H15IO6/c1-8(16)19-5-4-11-6-14(21-10(3)18)12(15)7-13(11)20-9(2)17/h6-7H,4-5H2,1-3H3. The summed E-state index contributed by atoms with van der Waals surface area (Å²) in [5.74, 6) is -0.569. The smallest absolute Gasteiger partial charge is 0.308 e. The van der Waals surface area contributed by atoms with Crippen molar-refractivity contribution in [1.29, 1.82) is 0 Å². The average molecular weight is 406 g/mol. The van der Waals surface area contributed by atoms with Crippen LogP contribution in [0, 0.1) is 3.57 Å². The van der Waals surface area contributed by atoms with Gasteiger partial charge in [-0.1, -0.05) is 0 Å². The maximum atomic E-state index is 11.1. The van der Waals surface area contributed by atoms with Gasteiger partial charge in [-0.3, -0.25) is 14.4 Å². The van der Waals surface area contributed by atoms with Gasteiger partial charge in [-0.15, -0.1) is 0 Å². The highest BCUT2D eigenvalue weighted by atomic mass is 127. The van der Waals surface area contributed by atoms with Crippen LogP contribution in [0.2, 0.25) is 0 Å². The predicted octanol–water partition coefficient (Wildman–Crippen LogP) is 2.25. The summed E-state index contributed by atoms with van der Waals surface area (Å²) in [6.45, 7) is 4.05. The lowest BCUT2D eigenvalue weighted by Gasteiger charge is -2.13. The number of hydrogen-bond acceptors (Lipinski definition) is 6. The minimum Gasteiger partial charge on any atom is -0.466 e. The second-order valence-electron chi connectivity index (χ2n) is 4.17. The Morgan fingerprint density at radius 2 is 1.52 bits per heavy atom. The van der Waals surface area contributed by atoms with Gasteiger partial charge in [0, 0.05) is 32.8 Å². The van der Waals surface area contributed by atoms with Crippen LogP contribution in [-0.4, -0.2) is 24.5 Å². The number of esters is 3. The maximum Gasteiger partial charge on any atom is 0.308 e. The van der Waals surface area contributed by atoms with E-state index in [1.54, 1.807) is 12.1 Å². The molecule has 1 aromatic carbocycles. The number of rotatable bonds is 5. The Labute approximate surface area is 135 Å². The van der Waals surface area contributed by atoms with Crippen molar-refractivity contribution < 1.29 is 28.6 Å². The number of benzene rings is 1. The Bertz CT molecular complexity index is 567. The minimum atomic E-state index is -0.459. The number of carbonyl (C=O) groups excluding carboxylic acids is 3. The van der Waals surface area contributed by atoms with Crippen molar-refractivity contribution in [2.75, 3.05) is 6.61 Å². The zero-order valence-corrected chi connectivity index (χ0v) is 14.1. The first-order chi connectivity index (χ1) is 9.79. The van der Waals surface area contributed by atoms with Crippen LogP contribution in [0.1, 0.15) is 26.3 Å². The fourth-order valence-corrected chi connectivity index (χ4v) is 2.11. The number of hydrogen-bond donors (Lipinski definition) is 0. The molecule has 0 N–H and O–H groups in total. The van der Waals surface area contributed by atoms with Gasteiger partial charge in [0.25, 0.3) is 0 Å². The maximum absolute atomic E-state index is 11.1. The monoisotopic (exact) mass is 406 g/mol. The first-order valence-corrected chi connectivity index (χ1v) is 7.20. The molecule has 0 aromatic heterocycles. The topological polar surface area (TPSA) is 78.9 Å². The second-order valence-corrected chi connectivity index (χ2v) is 5.33. The predicted molar refractivity (Wildman–Crippen MR) is 82.1 cm³/mol. The summed E-state index contributed by atoms with van der Waals surface area (Å²) in [6.07, 6.45) is 0.341. The fraction of sp³-hybridized carbons (Fsp3) is 0.357. The highest BCUT2D eigenvalue weighted by Gasteiger charge is 2.14. The van der Waals surface area contributed by atoms with E-state index in [-0.39, 0.29) is 6.61 Å². The zero-order valence-electron chi connectivity index (χ0n) is 11.9. The van der Waals surface area contributed by atoms with E-state index < -0.39 is 17.9 Å². The minimum absolute atomic E-state index is 0.143. The van der Waals surface area contributed by atoms with Crippen LogP contribution in [-0.2, 0) is 25.5 Å². The molecule has 0 heterocycles. The molecule has 0 aliphatic heterocycles. The van der Waals surface area contributed by atoms with Crippen molar-refractivity contribution in [1.82, 2.24) is 0 Å². The normalized spacial score (nSPS) is 9.90. The third-order valence-corrected chi connectivity index (χ3v) is 3.14. The molecule has 0 atom stereocenters. The molecule has 1 aromatic rings. The number of halogens is 1. The Morgan fingerprint density at radius 1 is 0.952 bits per heavy atom. The Morgan fingerprint density at radius 3 is 2.05 bits per heavy atom. The molecular weight excluding hydrogens is 391 g/mol. The Balaban J connectivity index is 3.04. The van der Waals surface area contributed by atoms with Gasteiger partial charge in [-0.05, 0) is 34.7 Å². The van der Waals surface area contributed by atoms with Crippen LogP contribution in [0.3, 0.4) is 0 Å². The molecule has 0 saturated heterocycles. The van der Waals surface area contributed by atoms with Gasteiger partial charge in [-0.25, -0.2) is 0 Å². The molecule has 6 nitrogen and oxygen atoms in total. The molecule has 0 radical (unpaired) electrons. The largest absolute Gasteiger partial charge is 0.466 e. The van der Waals surface area contributed by atoms with E-state index in [0.717, 1.165) is 0 Å². The van der Waals surface area contributed by atoms with Crippen LogP contribution in [0.25, 0.3) is 0 Å². The molecule has 0 saturated carbocycles. The summed E-state index contributed by atoms with van der Waals surface area (Å²) >= 11 is 1.98. The summed E-state index contributed by atoms with van der Waals surface area (Å²) in [5.41, 5.74) is 0.614. The average Bonchev–Trinajstić information content (AvgIpc) is 2.32. The van der Waals surface area contributed by atoms with Crippen molar-refractivity contribution in [2.45, 2.75) is 27.2 Å². The molecular formula is C14H15IO6. The molecule has 7 heteroatoms. The van der Waals surface area contributed by atoms with Crippen LogP contribution in [0.4, 0.5) is 0 Å². The molecule has 0 spiro atoms. The summed E-state index contributed by atoms with van der Waals surface area (Å²) in [4.78, 5) is 33.0. The van der Waals surface area contributed by atoms with Gasteiger partial charge in [0.05, 0.1) is 10.2 Å². The van der Waals surface area contributed by atoms with E-state index in [1.165, 1.54) is 20.8 Å². The SMILES string of the molecule is CC(=O)OCCc1cc(OC(C)=O)c(I)cc1OC(C)=O. The molecule has 0 aliphatic rings. The molecule has 1 rings (SSSR count). The fourth-order valence-electron chi connectivity index (χ4n) is 1.56. The van der Waals surface area contributed by atoms with Crippen LogP contribution >= 0.6 is 22.6 Å². The van der Waals surface area contributed by atoms with Crippen molar-refractivity contribution in [3.05, 3.63) is 21.3 Å². The summed E-state index contributed by atoms with van der Waals surface area (Å²) in [7, 11) is 0. The second kappa shape index (κ2) is 7.96. The quantitative estimate of drug-likeness (QED) is 0.424. The first kappa shape index (κ1) is 17.4. The first-order valence-electron chi connectivity index (χ1n) is 6.12. The highest BCUT2D eigenvalue weighted by molar-refractivity contribution is 14.1. The van der Waals surface area contributed by atoms with Gasteiger partial charge >= 0.3 is 17.9 Å². The van der Waals surface area contributed by atoms with Crippen LogP contribution in [0.15, 0.2) is 12.1 Å². The molecule has 0 fully saturated rings. The third-order valence-electron chi connectivity index (χ3n) is 2.30. The Kier molecular flexibility index (Phi) is 6.60. The third kappa shape index (κ3) is 6.11. The van der Waals surface area contributed by atoms with Crippen molar-refractivity contribution in [3.63, 3.8) is 0 Å². The number of carbonyl (C=O) groups is 3. The van der Waals surface area contributed by atoms with Crippen LogP contribution in [0.5, 0.6) is 11.5 Å². The summed E-state index contributed by atoms with van der Waals surface area (Å²) in [5, 5.41) is 0. The summed E-state index contributed by atoms with van der Waals surface area (Å²) in [6, 6.07) is 3.20. The molecule has 0 aliphatic carbocycles. The van der Waals surface area contributed by atoms with E-state index in [4.69, 9.17) is 14.2 Å². The van der Waals surface area contributed by atoms with E-state index in [1.807, 2.05) is 22.6 Å². The van der Waals surface area contributed by atoms with Crippen molar-refractivity contribution >= 4 is 40.5 Å². The van der Waals surface area contributed by atoms with Gasteiger partial charge < -0.3 is 14.2 Å². The molecule has 114 valence electrons. The van der Waals surface area contributed by atoms with E-state index >= 15 is 0 Å². The van der Waals surface area contributed by atoms with Gasteiger partial charge in [0.2, 0.25) is 0 Å². The highest BCUT2D eigenvalue weighted by Crippen LogP contribution is 2.31. The van der Waals surface area contributed by atoms with Gasteiger partial charge in [0.15, 0.2) is 0 Å². The molecule has 0 bridgehead atoms. The van der Waals surface area contributed by atoms with E-state index in [9.17, 15) is 14.4 Å². The van der Waals surface area contributed by atoms with Crippen molar-refractivity contribution in [3.8, 4) is 11.5 Å². The zero-order chi connectivity index (χ0) is 16.0. The van der Waals surface area contributed by atoms with E-state index in [2.05, 4.69) is 0 Å².